The van der Waals surface area contributed by atoms with Crippen molar-refractivity contribution in [3.05, 3.63) is 43.5 Å². The van der Waals surface area contributed by atoms with Crippen molar-refractivity contribution in [2.24, 2.45) is 0 Å². The maximum atomic E-state index is 12.6. The zero-order chi connectivity index (χ0) is 18.1. The first-order valence-corrected chi connectivity index (χ1v) is 8.79. The van der Waals surface area contributed by atoms with Crippen LogP contribution in [0.3, 0.4) is 0 Å². The summed E-state index contributed by atoms with van der Waals surface area (Å²) >= 11 is 1.54. The molecule has 0 bridgehead atoms. The zero-order valence-electron chi connectivity index (χ0n) is 15.0. The molecule has 0 radical (unpaired) electrons. The molecule has 0 aromatic carbocycles. The molecule has 0 aliphatic rings. The van der Waals surface area contributed by atoms with Crippen molar-refractivity contribution >= 4 is 17.2 Å². The number of nitrogens with zero attached hydrogens (tertiary/aromatic N) is 2. The Morgan fingerprint density at radius 1 is 1.38 bits per heavy atom. The van der Waals surface area contributed by atoms with Gasteiger partial charge in [-0.2, -0.15) is 0 Å². The van der Waals surface area contributed by atoms with Crippen LogP contribution in [0.2, 0.25) is 0 Å². The highest BCUT2D eigenvalue weighted by Gasteiger charge is 2.24. The molecule has 24 heavy (non-hydrogen) atoms. The monoisotopic (exact) mass is 348 g/mol. The summed E-state index contributed by atoms with van der Waals surface area (Å²) in [5, 5.41) is 3.75. The standard InChI is InChI=1S/C17H24N4O2S/c1-7-11(15-18-8-9(2)24-15)20-13(22)12-10(3)19-16(17(4,5)6)21-14(12)23/h8,11H,7H2,1-6H3,(H,20,22)(H,19,21,23)/t11-/m0/s1. The van der Waals surface area contributed by atoms with Gasteiger partial charge in [-0.15, -0.1) is 11.3 Å². The molecule has 6 nitrogen and oxygen atoms in total. The highest BCUT2D eigenvalue weighted by atomic mass is 32.1. The van der Waals surface area contributed by atoms with Crippen LogP contribution < -0.4 is 10.9 Å². The fourth-order valence-corrected chi connectivity index (χ4v) is 3.22. The van der Waals surface area contributed by atoms with E-state index in [0.717, 1.165) is 9.88 Å². The fraction of sp³-hybridized carbons (Fsp3) is 0.529. The van der Waals surface area contributed by atoms with E-state index in [1.807, 2.05) is 34.6 Å². The van der Waals surface area contributed by atoms with E-state index in [9.17, 15) is 9.59 Å². The second kappa shape index (κ2) is 6.84. The Balaban J connectivity index is 2.31. The molecule has 0 saturated carbocycles. The minimum atomic E-state index is -0.415. The van der Waals surface area contributed by atoms with Gasteiger partial charge in [0.1, 0.15) is 16.4 Å². The number of carbonyl (C=O) groups excluding carboxylic acids is 1. The molecule has 7 heteroatoms. The molecule has 2 N–H and O–H groups in total. The lowest BCUT2D eigenvalue weighted by molar-refractivity contribution is 0.0932. The van der Waals surface area contributed by atoms with Gasteiger partial charge in [-0.1, -0.05) is 27.7 Å². The third-order valence-electron chi connectivity index (χ3n) is 3.69. The first-order chi connectivity index (χ1) is 11.1. The minimum absolute atomic E-state index is 0.0646. The number of hydrogen-bond acceptors (Lipinski definition) is 5. The molecule has 0 unspecified atom stereocenters. The fourth-order valence-electron chi connectivity index (χ4n) is 2.31. The Kier molecular flexibility index (Phi) is 5.22. The molecule has 0 aliphatic heterocycles. The van der Waals surface area contributed by atoms with Gasteiger partial charge in [0.2, 0.25) is 0 Å². The van der Waals surface area contributed by atoms with Crippen molar-refractivity contribution in [2.75, 3.05) is 0 Å². The molecule has 0 saturated heterocycles. The van der Waals surface area contributed by atoms with Crippen LogP contribution in [0.25, 0.3) is 0 Å². The van der Waals surface area contributed by atoms with Gasteiger partial charge in [0.25, 0.3) is 11.5 Å². The SMILES string of the molecule is CC[C@H](NC(=O)c1c(C)nc(C(C)(C)C)[nH]c1=O)c1ncc(C)s1. The smallest absolute Gasteiger partial charge is 0.264 e. The van der Waals surface area contributed by atoms with E-state index in [4.69, 9.17) is 0 Å². The average Bonchev–Trinajstić information content (AvgIpc) is 2.89. The third kappa shape index (κ3) is 3.90. The van der Waals surface area contributed by atoms with Crippen LogP contribution >= 0.6 is 11.3 Å². The Hall–Kier alpha value is -2.02. The van der Waals surface area contributed by atoms with Gasteiger partial charge in [-0.05, 0) is 20.3 Å². The summed E-state index contributed by atoms with van der Waals surface area (Å²) in [5.74, 6) is 0.158. The van der Waals surface area contributed by atoms with Crippen LogP contribution in [0.4, 0.5) is 0 Å². The van der Waals surface area contributed by atoms with E-state index in [1.165, 1.54) is 0 Å². The highest BCUT2D eigenvalue weighted by molar-refractivity contribution is 7.11. The number of aryl methyl sites for hydroxylation is 2. The normalized spacial score (nSPS) is 12.9. The lowest BCUT2D eigenvalue weighted by Crippen LogP contribution is -2.35. The van der Waals surface area contributed by atoms with Gasteiger partial charge < -0.3 is 10.3 Å². The number of aromatic nitrogens is 3. The number of carbonyl (C=O) groups is 1. The Labute approximate surface area is 145 Å². The average molecular weight is 348 g/mol. The van der Waals surface area contributed by atoms with E-state index < -0.39 is 11.5 Å². The van der Waals surface area contributed by atoms with E-state index in [1.54, 1.807) is 24.5 Å². The predicted octanol–water partition coefficient (Wildman–Crippen LogP) is 3.02. The number of H-pyrrole nitrogens is 1. The molecule has 2 heterocycles. The summed E-state index contributed by atoms with van der Waals surface area (Å²) in [6.07, 6.45) is 2.48. The molecular formula is C17H24N4O2S. The molecule has 2 aromatic heterocycles. The molecule has 1 atom stereocenters. The molecule has 2 aromatic rings. The maximum absolute atomic E-state index is 12.6. The molecule has 0 fully saturated rings. The molecule has 0 spiro atoms. The summed E-state index contributed by atoms with van der Waals surface area (Å²) in [5.41, 5.74) is -0.195. The second-order valence-corrected chi connectivity index (χ2v) is 8.13. The van der Waals surface area contributed by atoms with Crippen LogP contribution in [-0.2, 0) is 5.41 Å². The summed E-state index contributed by atoms with van der Waals surface area (Å²) in [4.78, 5) is 37.5. The van der Waals surface area contributed by atoms with Crippen molar-refractivity contribution in [1.82, 2.24) is 20.3 Å². The lowest BCUT2D eigenvalue weighted by Gasteiger charge is -2.19. The molecule has 130 valence electrons. The number of hydrogen-bond donors (Lipinski definition) is 2. The summed E-state index contributed by atoms with van der Waals surface area (Å²) in [6.45, 7) is 11.5. The van der Waals surface area contributed by atoms with Crippen LogP contribution in [-0.4, -0.2) is 20.9 Å². The van der Waals surface area contributed by atoms with E-state index in [-0.39, 0.29) is 17.0 Å². The molecule has 1 amide bonds. The van der Waals surface area contributed by atoms with Gasteiger partial charge in [0.05, 0.1) is 11.7 Å². The van der Waals surface area contributed by atoms with E-state index in [2.05, 4.69) is 20.3 Å². The molecule has 2 rings (SSSR count). The first-order valence-electron chi connectivity index (χ1n) is 7.98. The first kappa shape index (κ1) is 18.3. The third-order valence-corrected chi connectivity index (χ3v) is 4.72. The Morgan fingerprint density at radius 2 is 2.04 bits per heavy atom. The predicted molar refractivity (Wildman–Crippen MR) is 95.6 cm³/mol. The summed E-state index contributed by atoms with van der Waals surface area (Å²) < 4.78 is 0. The van der Waals surface area contributed by atoms with Crippen molar-refractivity contribution in [1.29, 1.82) is 0 Å². The summed E-state index contributed by atoms with van der Waals surface area (Å²) in [7, 11) is 0. The minimum Gasteiger partial charge on any atom is -0.343 e. The van der Waals surface area contributed by atoms with Crippen molar-refractivity contribution in [3.63, 3.8) is 0 Å². The number of rotatable bonds is 4. The highest BCUT2D eigenvalue weighted by Crippen LogP contribution is 2.22. The molecular weight excluding hydrogens is 324 g/mol. The van der Waals surface area contributed by atoms with Gasteiger partial charge in [0, 0.05) is 16.5 Å². The number of amides is 1. The topological polar surface area (TPSA) is 87.7 Å². The van der Waals surface area contributed by atoms with Gasteiger partial charge >= 0.3 is 0 Å². The maximum Gasteiger partial charge on any atom is 0.264 e. The quantitative estimate of drug-likeness (QED) is 0.889. The largest absolute Gasteiger partial charge is 0.343 e. The van der Waals surface area contributed by atoms with Crippen molar-refractivity contribution in [3.8, 4) is 0 Å². The zero-order valence-corrected chi connectivity index (χ0v) is 15.8. The van der Waals surface area contributed by atoms with E-state index >= 15 is 0 Å². The van der Waals surface area contributed by atoms with E-state index in [0.29, 0.717) is 17.9 Å². The van der Waals surface area contributed by atoms with Crippen molar-refractivity contribution in [2.45, 2.75) is 59.4 Å². The Bertz CT molecular complexity index is 802. The number of aromatic amines is 1. The lowest BCUT2D eigenvalue weighted by atomic mass is 9.95. The number of thiazole rings is 1. The molecule has 0 aliphatic carbocycles. The van der Waals surface area contributed by atoms with Gasteiger partial charge in [0.15, 0.2) is 0 Å². The second-order valence-electron chi connectivity index (χ2n) is 6.87. The van der Waals surface area contributed by atoms with Crippen LogP contribution in [0.5, 0.6) is 0 Å². The number of nitrogens with one attached hydrogen (secondary N) is 2. The van der Waals surface area contributed by atoms with Crippen LogP contribution in [0.15, 0.2) is 11.0 Å². The summed E-state index contributed by atoms with van der Waals surface area (Å²) in [6, 6.07) is -0.211. The van der Waals surface area contributed by atoms with Crippen molar-refractivity contribution < 1.29 is 4.79 Å². The van der Waals surface area contributed by atoms with Gasteiger partial charge in [-0.25, -0.2) is 9.97 Å². The Morgan fingerprint density at radius 3 is 2.50 bits per heavy atom. The van der Waals surface area contributed by atoms with Crippen LogP contribution in [0, 0.1) is 13.8 Å². The van der Waals surface area contributed by atoms with Crippen LogP contribution in [0.1, 0.15) is 71.9 Å². The van der Waals surface area contributed by atoms with Gasteiger partial charge in [-0.3, -0.25) is 9.59 Å².